The summed E-state index contributed by atoms with van der Waals surface area (Å²) in [4.78, 5) is 13.6. The lowest BCUT2D eigenvalue weighted by atomic mass is 10.1. The third-order valence-electron chi connectivity index (χ3n) is 2.89. The molecule has 3 nitrogen and oxygen atoms in total. The number of carbonyl (C=O) groups excluding carboxylic acids is 1. The Morgan fingerprint density at radius 3 is 2.58 bits per heavy atom. The second kappa shape index (κ2) is 6.94. The van der Waals surface area contributed by atoms with Crippen molar-refractivity contribution in [1.82, 2.24) is 4.90 Å². The molecule has 0 aromatic heterocycles. The summed E-state index contributed by atoms with van der Waals surface area (Å²) in [7, 11) is 1.79. The van der Waals surface area contributed by atoms with Gasteiger partial charge >= 0.3 is 0 Å². The number of carbonyl (C=O) groups is 1. The van der Waals surface area contributed by atoms with Crippen LogP contribution in [0.15, 0.2) is 24.3 Å². The Morgan fingerprint density at radius 1 is 1.37 bits per heavy atom. The van der Waals surface area contributed by atoms with Crippen molar-refractivity contribution in [3.63, 3.8) is 0 Å². The van der Waals surface area contributed by atoms with E-state index in [9.17, 15) is 4.79 Å². The van der Waals surface area contributed by atoms with Gasteiger partial charge in [-0.05, 0) is 31.9 Å². The van der Waals surface area contributed by atoms with E-state index in [1.165, 1.54) is 5.56 Å². The SMILES string of the molecule is CCc1ccccc1OCCN(C)C(=O)C(C)(C)Br. The van der Waals surface area contributed by atoms with Crippen molar-refractivity contribution in [2.75, 3.05) is 20.2 Å². The van der Waals surface area contributed by atoms with Crippen molar-refractivity contribution in [3.05, 3.63) is 29.8 Å². The first-order valence-electron chi connectivity index (χ1n) is 6.51. The van der Waals surface area contributed by atoms with Gasteiger partial charge in [-0.3, -0.25) is 4.79 Å². The first kappa shape index (κ1) is 16.0. The highest BCUT2D eigenvalue weighted by Gasteiger charge is 2.26. The van der Waals surface area contributed by atoms with Crippen LogP contribution < -0.4 is 4.74 Å². The number of nitrogens with zero attached hydrogens (tertiary/aromatic N) is 1. The minimum atomic E-state index is -0.525. The van der Waals surface area contributed by atoms with Gasteiger partial charge in [0.2, 0.25) is 5.91 Å². The number of benzene rings is 1. The number of ether oxygens (including phenoxy) is 1. The molecule has 0 spiro atoms. The van der Waals surface area contributed by atoms with Gasteiger partial charge in [0.25, 0.3) is 0 Å². The summed E-state index contributed by atoms with van der Waals surface area (Å²) in [6.07, 6.45) is 0.944. The van der Waals surface area contributed by atoms with Crippen LogP contribution in [-0.4, -0.2) is 35.3 Å². The maximum atomic E-state index is 12.0. The third-order valence-corrected chi connectivity index (χ3v) is 3.23. The van der Waals surface area contributed by atoms with E-state index in [1.807, 2.05) is 32.0 Å². The fourth-order valence-electron chi connectivity index (χ4n) is 1.78. The van der Waals surface area contributed by atoms with Crippen molar-refractivity contribution < 1.29 is 9.53 Å². The lowest BCUT2D eigenvalue weighted by Crippen LogP contribution is -2.41. The zero-order valence-corrected chi connectivity index (χ0v) is 13.7. The van der Waals surface area contributed by atoms with Gasteiger partial charge in [0, 0.05) is 7.05 Å². The highest BCUT2D eigenvalue weighted by atomic mass is 79.9. The van der Waals surface area contributed by atoms with Crippen LogP contribution in [0.25, 0.3) is 0 Å². The molecule has 1 aromatic rings. The van der Waals surface area contributed by atoms with Crippen LogP contribution in [0.3, 0.4) is 0 Å². The quantitative estimate of drug-likeness (QED) is 0.750. The van der Waals surface area contributed by atoms with Crippen LogP contribution in [0.2, 0.25) is 0 Å². The van der Waals surface area contributed by atoms with E-state index in [0.717, 1.165) is 12.2 Å². The van der Waals surface area contributed by atoms with E-state index < -0.39 is 4.32 Å². The zero-order valence-electron chi connectivity index (χ0n) is 12.1. The van der Waals surface area contributed by atoms with Gasteiger partial charge in [-0.1, -0.05) is 41.1 Å². The number of rotatable bonds is 6. The van der Waals surface area contributed by atoms with Gasteiger partial charge in [0.05, 0.1) is 10.9 Å². The Balaban J connectivity index is 2.48. The Kier molecular flexibility index (Phi) is 5.85. The molecule has 0 N–H and O–H groups in total. The predicted molar refractivity (Wildman–Crippen MR) is 82.0 cm³/mol. The summed E-state index contributed by atoms with van der Waals surface area (Å²) in [5.74, 6) is 0.962. The third kappa shape index (κ3) is 4.86. The van der Waals surface area contributed by atoms with Crippen molar-refractivity contribution in [2.45, 2.75) is 31.5 Å². The molecule has 0 bridgehead atoms. The number of hydrogen-bond acceptors (Lipinski definition) is 2. The average Bonchev–Trinajstić information content (AvgIpc) is 2.37. The molecule has 0 aliphatic carbocycles. The number of para-hydroxylation sites is 1. The van der Waals surface area contributed by atoms with Crippen molar-refractivity contribution in [1.29, 1.82) is 0 Å². The topological polar surface area (TPSA) is 29.5 Å². The lowest BCUT2D eigenvalue weighted by molar-refractivity contribution is -0.131. The molecule has 0 unspecified atom stereocenters. The molecule has 0 aliphatic rings. The van der Waals surface area contributed by atoms with E-state index in [2.05, 4.69) is 28.9 Å². The summed E-state index contributed by atoms with van der Waals surface area (Å²) in [5.41, 5.74) is 1.19. The van der Waals surface area contributed by atoms with Crippen LogP contribution in [-0.2, 0) is 11.2 Å². The zero-order chi connectivity index (χ0) is 14.5. The Labute approximate surface area is 124 Å². The van der Waals surface area contributed by atoms with Gasteiger partial charge in [-0.25, -0.2) is 0 Å². The van der Waals surface area contributed by atoms with Crippen LogP contribution in [0.1, 0.15) is 26.3 Å². The molecule has 1 rings (SSSR count). The van der Waals surface area contributed by atoms with E-state index in [1.54, 1.807) is 11.9 Å². The van der Waals surface area contributed by atoms with Crippen LogP contribution in [0.4, 0.5) is 0 Å². The largest absolute Gasteiger partial charge is 0.491 e. The molecule has 0 atom stereocenters. The summed E-state index contributed by atoms with van der Waals surface area (Å²) >= 11 is 3.37. The monoisotopic (exact) mass is 327 g/mol. The lowest BCUT2D eigenvalue weighted by Gasteiger charge is -2.24. The van der Waals surface area contributed by atoms with E-state index in [-0.39, 0.29) is 5.91 Å². The van der Waals surface area contributed by atoms with E-state index >= 15 is 0 Å². The standard InChI is InChI=1S/C15H22BrNO2/c1-5-12-8-6-7-9-13(12)19-11-10-17(4)14(18)15(2,3)16/h6-9H,5,10-11H2,1-4H3. The maximum absolute atomic E-state index is 12.0. The molecule has 0 saturated heterocycles. The number of amides is 1. The number of alkyl halides is 1. The molecule has 0 aliphatic heterocycles. The highest BCUT2D eigenvalue weighted by molar-refractivity contribution is 9.10. The Hall–Kier alpha value is -1.03. The summed E-state index contributed by atoms with van der Waals surface area (Å²) in [6.45, 7) is 6.87. The maximum Gasteiger partial charge on any atom is 0.238 e. The van der Waals surface area contributed by atoms with Crippen molar-refractivity contribution in [2.24, 2.45) is 0 Å². The summed E-state index contributed by atoms with van der Waals surface area (Å²) in [6, 6.07) is 8.00. The minimum Gasteiger partial charge on any atom is -0.491 e. The molecule has 0 saturated carbocycles. The average molecular weight is 328 g/mol. The Morgan fingerprint density at radius 2 is 2.00 bits per heavy atom. The molecular weight excluding hydrogens is 306 g/mol. The number of halogens is 1. The van der Waals surface area contributed by atoms with Crippen molar-refractivity contribution in [3.8, 4) is 5.75 Å². The number of likely N-dealkylation sites (N-methyl/N-ethyl adjacent to an activating group) is 1. The van der Waals surface area contributed by atoms with Gasteiger partial charge in [-0.2, -0.15) is 0 Å². The first-order chi connectivity index (χ1) is 8.86. The molecule has 1 amide bonds. The fraction of sp³-hybridized carbons (Fsp3) is 0.533. The fourth-order valence-corrected chi connectivity index (χ4v) is 2.09. The predicted octanol–water partition coefficient (Wildman–Crippen LogP) is 3.26. The van der Waals surface area contributed by atoms with E-state index in [0.29, 0.717) is 13.2 Å². The van der Waals surface area contributed by atoms with Crippen LogP contribution in [0.5, 0.6) is 5.75 Å². The molecular formula is C15H22BrNO2. The van der Waals surface area contributed by atoms with Gasteiger partial charge in [0.15, 0.2) is 0 Å². The number of hydrogen-bond donors (Lipinski definition) is 0. The molecule has 19 heavy (non-hydrogen) atoms. The van der Waals surface area contributed by atoms with Crippen molar-refractivity contribution >= 4 is 21.8 Å². The molecule has 0 heterocycles. The highest BCUT2D eigenvalue weighted by Crippen LogP contribution is 2.20. The summed E-state index contributed by atoms with van der Waals surface area (Å²) < 4.78 is 5.23. The minimum absolute atomic E-state index is 0.0554. The molecule has 0 radical (unpaired) electrons. The normalized spacial score (nSPS) is 11.2. The number of aryl methyl sites for hydroxylation is 1. The first-order valence-corrected chi connectivity index (χ1v) is 7.30. The molecule has 4 heteroatoms. The van der Waals surface area contributed by atoms with E-state index in [4.69, 9.17) is 4.74 Å². The molecule has 1 aromatic carbocycles. The van der Waals surface area contributed by atoms with Crippen LogP contribution in [0, 0.1) is 0 Å². The smallest absolute Gasteiger partial charge is 0.238 e. The van der Waals surface area contributed by atoms with Gasteiger partial charge < -0.3 is 9.64 Å². The second-order valence-electron chi connectivity index (χ2n) is 5.01. The molecule has 0 fully saturated rings. The second-order valence-corrected chi connectivity index (χ2v) is 6.99. The van der Waals surface area contributed by atoms with Gasteiger partial charge in [0.1, 0.15) is 12.4 Å². The summed E-state index contributed by atoms with van der Waals surface area (Å²) in [5, 5.41) is 0. The Bertz CT molecular complexity index is 426. The molecule has 106 valence electrons. The van der Waals surface area contributed by atoms with Gasteiger partial charge in [-0.15, -0.1) is 0 Å². The van der Waals surface area contributed by atoms with Crippen LogP contribution >= 0.6 is 15.9 Å².